The van der Waals surface area contributed by atoms with Crippen molar-refractivity contribution in [2.24, 2.45) is 0 Å². The number of rotatable bonds is 8. The van der Waals surface area contributed by atoms with Crippen LogP contribution in [0, 0.1) is 11.6 Å². The second-order valence-corrected chi connectivity index (χ2v) is 9.00. The number of halogens is 2. The van der Waals surface area contributed by atoms with Crippen molar-refractivity contribution in [1.82, 2.24) is 9.88 Å². The second-order valence-electron chi connectivity index (χ2n) is 9.00. The molecule has 0 bridgehead atoms. The van der Waals surface area contributed by atoms with Crippen molar-refractivity contribution in [3.8, 4) is 28.2 Å². The molecule has 0 radical (unpaired) electrons. The third-order valence-electron chi connectivity index (χ3n) is 6.46. The fraction of sp³-hybridized carbons (Fsp3) is 0.276. The molecule has 0 amide bonds. The lowest BCUT2D eigenvalue weighted by Crippen LogP contribution is -2.38. The van der Waals surface area contributed by atoms with Crippen LogP contribution in [-0.4, -0.2) is 35.6 Å². The van der Waals surface area contributed by atoms with Gasteiger partial charge in [-0.05, 0) is 73.4 Å². The average Bonchev–Trinajstić information content (AvgIpc) is 3.35. The summed E-state index contributed by atoms with van der Waals surface area (Å²) in [6, 6.07) is 19.7. The Bertz CT molecular complexity index is 1280. The number of hydrogen-bond donors (Lipinski definition) is 1. The molecule has 1 aliphatic heterocycles. The molecular weight excluding hydrogens is 460 g/mol. The smallest absolute Gasteiger partial charge is 0.295 e. The van der Waals surface area contributed by atoms with Crippen LogP contribution >= 0.6 is 0 Å². The first-order chi connectivity index (χ1) is 17.6. The van der Waals surface area contributed by atoms with Crippen molar-refractivity contribution in [2.45, 2.75) is 32.4 Å². The zero-order valence-electron chi connectivity index (χ0n) is 20.2. The number of ether oxygens (including phenoxy) is 1. The maximum Gasteiger partial charge on any atom is 0.295 e. The maximum atomic E-state index is 13.3. The highest BCUT2D eigenvalue weighted by atomic mass is 19.1. The Kier molecular flexibility index (Phi) is 7.28. The molecule has 4 aromatic rings. The molecule has 1 saturated heterocycles. The van der Waals surface area contributed by atoms with E-state index < -0.39 is 0 Å². The van der Waals surface area contributed by atoms with Gasteiger partial charge in [-0.2, -0.15) is 0 Å². The summed E-state index contributed by atoms with van der Waals surface area (Å²) in [4.78, 5) is 6.77. The van der Waals surface area contributed by atoms with Crippen molar-refractivity contribution in [1.29, 1.82) is 0 Å². The van der Waals surface area contributed by atoms with E-state index in [-0.39, 0.29) is 17.7 Å². The highest BCUT2D eigenvalue weighted by Gasteiger charge is 2.21. The van der Waals surface area contributed by atoms with E-state index in [1.807, 2.05) is 6.92 Å². The summed E-state index contributed by atoms with van der Waals surface area (Å²) in [5.41, 5.74) is 3.89. The van der Waals surface area contributed by atoms with Crippen LogP contribution in [0.4, 0.5) is 14.8 Å². The number of likely N-dealkylation sites (tertiary alicyclic amines) is 1. The van der Waals surface area contributed by atoms with E-state index >= 15 is 0 Å². The predicted octanol–water partition coefficient (Wildman–Crippen LogP) is 6.76. The molecule has 5 rings (SSSR count). The molecule has 0 unspecified atom stereocenters. The van der Waals surface area contributed by atoms with Crippen LogP contribution in [0.3, 0.4) is 0 Å². The minimum atomic E-state index is -0.277. The van der Waals surface area contributed by atoms with Crippen LogP contribution in [0.1, 0.15) is 25.3 Å². The van der Waals surface area contributed by atoms with Gasteiger partial charge in [-0.1, -0.05) is 24.3 Å². The van der Waals surface area contributed by atoms with Gasteiger partial charge in [0, 0.05) is 36.8 Å². The Hall–Kier alpha value is -3.71. The number of hydrogen-bond acceptors (Lipinski definition) is 5. The first-order valence-electron chi connectivity index (χ1n) is 12.3. The SMILES string of the molecule is CCOc1cc(CN2CCC(Nc3ncc(-c4ccc(F)cc4)o3)CC2)ccc1-c1ccc(F)cc1. The molecular formula is C29H29F2N3O2. The minimum Gasteiger partial charge on any atom is -0.493 e. The number of nitrogens with one attached hydrogen (secondary N) is 1. The monoisotopic (exact) mass is 489 g/mol. The van der Waals surface area contributed by atoms with Crippen LogP contribution in [0.15, 0.2) is 77.3 Å². The molecule has 2 heterocycles. The Morgan fingerprint density at radius 3 is 2.28 bits per heavy atom. The number of aromatic nitrogens is 1. The Morgan fingerprint density at radius 2 is 1.61 bits per heavy atom. The van der Waals surface area contributed by atoms with Gasteiger partial charge in [0.05, 0.1) is 12.8 Å². The lowest BCUT2D eigenvalue weighted by molar-refractivity contribution is 0.210. The highest BCUT2D eigenvalue weighted by Crippen LogP contribution is 2.32. The van der Waals surface area contributed by atoms with Gasteiger partial charge in [-0.15, -0.1) is 0 Å². The van der Waals surface area contributed by atoms with Crippen LogP contribution in [0.2, 0.25) is 0 Å². The molecule has 0 atom stereocenters. The van der Waals surface area contributed by atoms with E-state index in [1.165, 1.54) is 29.8 Å². The number of oxazole rings is 1. The first-order valence-corrected chi connectivity index (χ1v) is 12.3. The molecule has 3 aromatic carbocycles. The van der Waals surface area contributed by atoms with E-state index in [9.17, 15) is 8.78 Å². The summed E-state index contributed by atoms with van der Waals surface area (Å²) in [6.07, 6.45) is 3.61. The summed E-state index contributed by atoms with van der Waals surface area (Å²) in [5, 5.41) is 3.40. The number of piperidine rings is 1. The van der Waals surface area contributed by atoms with Gasteiger partial charge in [0.15, 0.2) is 5.76 Å². The third kappa shape index (κ3) is 5.74. The molecule has 1 N–H and O–H groups in total. The van der Waals surface area contributed by atoms with Gasteiger partial charge in [0.1, 0.15) is 17.4 Å². The van der Waals surface area contributed by atoms with Crippen LogP contribution in [-0.2, 0) is 6.54 Å². The van der Waals surface area contributed by atoms with Crippen LogP contribution in [0.25, 0.3) is 22.5 Å². The number of benzene rings is 3. The quantitative estimate of drug-likeness (QED) is 0.296. The molecule has 0 saturated carbocycles. The van der Waals surface area contributed by atoms with Crippen molar-refractivity contribution < 1.29 is 17.9 Å². The van der Waals surface area contributed by atoms with Crippen molar-refractivity contribution in [3.63, 3.8) is 0 Å². The Balaban J connectivity index is 1.17. The average molecular weight is 490 g/mol. The fourth-order valence-corrected chi connectivity index (χ4v) is 4.56. The predicted molar refractivity (Wildman–Crippen MR) is 137 cm³/mol. The minimum absolute atomic E-state index is 0.248. The lowest BCUT2D eigenvalue weighted by atomic mass is 10.0. The molecule has 1 fully saturated rings. The van der Waals surface area contributed by atoms with Crippen molar-refractivity contribution in [2.75, 3.05) is 25.0 Å². The van der Waals surface area contributed by atoms with E-state index in [2.05, 4.69) is 33.4 Å². The standard InChI is InChI=1S/C29H29F2N3O2/c1-2-35-27-17-20(3-12-26(27)21-4-8-23(30)9-5-21)19-34-15-13-25(14-16-34)33-29-32-18-28(36-29)22-6-10-24(31)11-7-22/h3-12,17-18,25H,2,13-16,19H2,1H3,(H,32,33). The zero-order chi connectivity index (χ0) is 24.9. The van der Waals surface area contributed by atoms with Gasteiger partial charge < -0.3 is 14.5 Å². The summed E-state index contributed by atoms with van der Waals surface area (Å²) in [6.45, 7) is 5.28. The zero-order valence-corrected chi connectivity index (χ0v) is 20.2. The molecule has 1 aliphatic rings. The topological polar surface area (TPSA) is 50.5 Å². The Morgan fingerprint density at radius 1 is 0.944 bits per heavy atom. The summed E-state index contributed by atoms with van der Waals surface area (Å²) < 4.78 is 38.3. The molecule has 0 spiro atoms. The molecule has 186 valence electrons. The second kappa shape index (κ2) is 10.9. The number of anilines is 1. The van der Waals surface area contributed by atoms with Crippen LogP contribution < -0.4 is 10.1 Å². The molecule has 5 nitrogen and oxygen atoms in total. The van der Waals surface area contributed by atoms with Gasteiger partial charge in [0.25, 0.3) is 6.01 Å². The Labute approximate surface area is 209 Å². The number of nitrogens with zero attached hydrogens (tertiary/aromatic N) is 2. The van der Waals surface area contributed by atoms with Gasteiger partial charge in [-0.3, -0.25) is 4.90 Å². The van der Waals surface area contributed by atoms with Crippen LogP contribution in [0.5, 0.6) is 5.75 Å². The van der Waals surface area contributed by atoms with Gasteiger partial charge in [0.2, 0.25) is 0 Å². The molecule has 36 heavy (non-hydrogen) atoms. The van der Waals surface area contributed by atoms with Crippen molar-refractivity contribution in [3.05, 3.63) is 90.1 Å². The van der Waals surface area contributed by atoms with Gasteiger partial charge in [-0.25, -0.2) is 13.8 Å². The molecule has 1 aromatic heterocycles. The van der Waals surface area contributed by atoms with Crippen molar-refractivity contribution >= 4 is 6.01 Å². The third-order valence-corrected chi connectivity index (χ3v) is 6.46. The molecule has 0 aliphatic carbocycles. The largest absolute Gasteiger partial charge is 0.493 e. The maximum absolute atomic E-state index is 13.3. The van der Waals surface area contributed by atoms with E-state index in [1.54, 1.807) is 30.5 Å². The van der Waals surface area contributed by atoms with Gasteiger partial charge >= 0.3 is 0 Å². The van der Waals surface area contributed by atoms with E-state index in [0.717, 1.165) is 54.9 Å². The summed E-state index contributed by atoms with van der Waals surface area (Å²) in [5.74, 6) is 0.909. The summed E-state index contributed by atoms with van der Waals surface area (Å²) >= 11 is 0. The fourth-order valence-electron chi connectivity index (χ4n) is 4.56. The lowest BCUT2D eigenvalue weighted by Gasteiger charge is -2.32. The highest BCUT2D eigenvalue weighted by molar-refractivity contribution is 5.71. The van der Waals surface area contributed by atoms with E-state index in [0.29, 0.717) is 18.4 Å². The van der Waals surface area contributed by atoms with E-state index in [4.69, 9.17) is 9.15 Å². The normalized spacial score (nSPS) is 14.6. The summed E-state index contributed by atoms with van der Waals surface area (Å²) in [7, 11) is 0. The first kappa shape index (κ1) is 24.0. The molecule has 7 heteroatoms.